The van der Waals surface area contributed by atoms with Crippen molar-refractivity contribution in [3.63, 3.8) is 0 Å². The highest BCUT2D eigenvalue weighted by atomic mass is 32.2. The number of ether oxygens (including phenoxy) is 2. The van der Waals surface area contributed by atoms with Crippen molar-refractivity contribution in [1.82, 2.24) is 10.2 Å². The number of amides is 2. The van der Waals surface area contributed by atoms with Crippen LogP contribution < -0.4 is 10.6 Å². The second-order valence-corrected chi connectivity index (χ2v) is 9.42. The lowest BCUT2D eigenvalue weighted by Crippen LogP contribution is -2.17. The summed E-state index contributed by atoms with van der Waals surface area (Å²) < 4.78 is 10.5. The number of thiophene rings is 1. The Morgan fingerprint density at radius 3 is 2.53 bits per heavy atom. The molecule has 0 unspecified atom stereocenters. The molecular weight excluding hydrogens is 448 g/mol. The van der Waals surface area contributed by atoms with Gasteiger partial charge in [-0.2, -0.15) is 0 Å². The topological polar surface area (TPSA) is 120 Å². The molecule has 9 nitrogen and oxygen atoms in total. The number of thioether (sulfide) groups is 1. The largest absolute Gasteiger partial charge is 0.462 e. The van der Waals surface area contributed by atoms with E-state index in [1.807, 2.05) is 5.38 Å². The van der Waals surface area contributed by atoms with Gasteiger partial charge in [-0.3, -0.25) is 10.1 Å². The Morgan fingerprint density at radius 1 is 1.13 bits per heavy atom. The van der Waals surface area contributed by atoms with Gasteiger partial charge in [-0.15, -0.1) is 21.5 Å². The second kappa shape index (κ2) is 11.9. The zero-order valence-corrected chi connectivity index (χ0v) is 19.6. The average Bonchev–Trinajstić information content (AvgIpc) is 3.27. The number of esters is 1. The van der Waals surface area contributed by atoms with Crippen LogP contribution >= 0.6 is 34.4 Å². The number of hydrogen-bond donors (Lipinski definition) is 2. The van der Waals surface area contributed by atoms with Crippen molar-refractivity contribution in [2.75, 3.05) is 29.6 Å². The Hall–Kier alpha value is -2.18. The van der Waals surface area contributed by atoms with Crippen molar-refractivity contribution in [3.05, 3.63) is 16.5 Å². The molecule has 0 saturated heterocycles. The molecule has 30 heavy (non-hydrogen) atoms. The van der Waals surface area contributed by atoms with Crippen LogP contribution in [0.3, 0.4) is 0 Å². The third-order valence-electron chi connectivity index (χ3n) is 3.45. The molecule has 164 valence electrons. The lowest BCUT2D eigenvalue weighted by Gasteiger charge is -2.09. The van der Waals surface area contributed by atoms with Gasteiger partial charge in [0.15, 0.2) is 4.34 Å². The molecule has 2 rings (SSSR count). The predicted molar refractivity (Wildman–Crippen MR) is 119 cm³/mol. The summed E-state index contributed by atoms with van der Waals surface area (Å²) in [5.41, 5.74) is 1.29. The molecule has 0 aliphatic heterocycles. The van der Waals surface area contributed by atoms with E-state index in [4.69, 9.17) is 9.47 Å². The summed E-state index contributed by atoms with van der Waals surface area (Å²) in [6.45, 7) is 8.09. The molecule has 0 aromatic carbocycles. The summed E-state index contributed by atoms with van der Waals surface area (Å²) in [6, 6.07) is 0. The van der Waals surface area contributed by atoms with Crippen molar-refractivity contribution < 1.29 is 23.9 Å². The van der Waals surface area contributed by atoms with Crippen LogP contribution in [0.25, 0.3) is 0 Å². The average molecular weight is 473 g/mol. The van der Waals surface area contributed by atoms with Gasteiger partial charge < -0.3 is 14.8 Å². The van der Waals surface area contributed by atoms with E-state index in [1.54, 1.807) is 13.8 Å². The molecule has 0 atom stereocenters. The third-order valence-corrected chi connectivity index (χ3v) is 6.36. The third kappa shape index (κ3) is 7.26. The Labute approximate surface area is 186 Å². The molecule has 0 spiro atoms. The SMILES string of the molecule is CCOC(=O)Nc1nnc(SCC(=O)Nc2scc(CC(C)C)c2C(=O)OCC)s1. The first-order valence-corrected chi connectivity index (χ1v) is 12.0. The highest BCUT2D eigenvalue weighted by Crippen LogP contribution is 2.31. The van der Waals surface area contributed by atoms with Gasteiger partial charge in [0.25, 0.3) is 0 Å². The van der Waals surface area contributed by atoms with E-state index in [-0.39, 0.29) is 30.0 Å². The number of aromatic nitrogens is 2. The molecule has 0 fully saturated rings. The van der Waals surface area contributed by atoms with Crippen LogP contribution in [-0.4, -0.2) is 47.1 Å². The minimum absolute atomic E-state index is 0.0771. The van der Waals surface area contributed by atoms with Gasteiger partial charge in [-0.05, 0) is 37.1 Å². The predicted octanol–water partition coefficient (Wildman–Crippen LogP) is 4.27. The quantitative estimate of drug-likeness (QED) is 0.299. The van der Waals surface area contributed by atoms with Crippen molar-refractivity contribution >= 4 is 62.5 Å². The van der Waals surface area contributed by atoms with Crippen LogP contribution in [0.2, 0.25) is 0 Å². The monoisotopic (exact) mass is 472 g/mol. The zero-order valence-electron chi connectivity index (χ0n) is 17.1. The van der Waals surface area contributed by atoms with Crippen molar-refractivity contribution in [3.8, 4) is 0 Å². The zero-order chi connectivity index (χ0) is 22.1. The highest BCUT2D eigenvalue weighted by molar-refractivity contribution is 8.01. The van der Waals surface area contributed by atoms with E-state index in [0.717, 1.165) is 23.3 Å². The molecule has 2 heterocycles. The van der Waals surface area contributed by atoms with Crippen LogP contribution in [0.4, 0.5) is 14.9 Å². The first-order valence-electron chi connectivity index (χ1n) is 9.31. The number of nitrogens with zero attached hydrogens (tertiary/aromatic N) is 2. The fourth-order valence-corrected chi connectivity index (χ4v) is 4.88. The molecule has 0 bridgehead atoms. The first kappa shape index (κ1) is 24.1. The molecule has 0 aliphatic rings. The molecule has 2 amide bonds. The van der Waals surface area contributed by atoms with Crippen LogP contribution in [0, 0.1) is 5.92 Å². The van der Waals surface area contributed by atoms with E-state index in [2.05, 4.69) is 34.7 Å². The van der Waals surface area contributed by atoms with Crippen LogP contribution in [0.15, 0.2) is 9.72 Å². The smallest absolute Gasteiger partial charge is 0.413 e. The number of carbonyl (C=O) groups excluding carboxylic acids is 3. The van der Waals surface area contributed by atoms with E-state index in [0.29, 0.717) is 20.8 Å². The summed E-state index contributed by atoms with van der Waals surface area (Å²) in [6.07, 6.45) is 0.111. The number of hydrogen-bond acceptors (Lipinski definition) is 10. The Bertz CT molecular complexity index is 881. The first-order chi connectivity index (χ1) is 14.3. The number of anilines is 2. The van der Waals surface area contributed by atoms with Gasteiger partial charge in [-0.1, -0.05) is 36.9 Å². The van der Waals surface area contributed by atoms with Crippen molar-refractivity contribution in [2.45, 2.75) is 38.5 Å². The highest BCUT2D eigenvalue weighted by Gasteiger charge is 2.22. The molecule has 2 aromatic heterocycles. The fourth-order valence-electron chi connectivity index (χ4n) is 2.37. The van der Waals surface area contributed by atoms with Gasteiger partial charge in [0.1, 0.15) is 5.00 Å². The number of carbonyl (C=O) groups is 3. The standard InChI is InChI=1S/C18H24N4O5S3/c1-5-26-15(24)13-11(7-10(3)4)8-28-14(13)19-12(23)9-29-18-22-21-16(30-18)20-17(25)27-6-2/h8,10H,5-7,9H2,1-4H3,(H,19,23)(H,20,21,25). The van der Waals surface area contributed by atoms with Crippen molar-refractivity contribution in [2.24, 2.45) is 5.92 Å². The van der Waals surface area contributed by atoms with Gasteiger partial charge in [0.2, 0.25) is 11.0 Å². The maximum Gasteiger partial charge on any atom is 0.413 e. The molecule has 0 radical (unpaired) electrons. The minimum atomic E-state index is -0.607. The van der Waals surface area contributed by atoms with Crippen LogP contribution in [-0.2, 0) is 20.7 Å². The summed E-state index contributed by atoms with van der Waals surface area (Å²) >= 11 is 3.63. The van der Waals surface area contributed by atoms with E-state index >= 15 is 0 Å². The molecule has 12 heteroatoms. The summed E-state index contributed by atoms with van der Waals surface area (Å²) in [5.74, 6) is -0.273. The Kier molecular flexibility index (Phi) is 9.53. The molecule has 2 aromatic rings. The molecule has 0 aliphatic carbocycles. The molecule has 2 N–H and O–H groups in total. The van der Waals surface area contributed by atoms with Gasteiger partial charge in [0.05, 0.1) is 24.5 Å². The maximum absolute atomic E-state index is 12.4. The molecule has 0 saturated carbocycles. The van der Waals surface area contributed by atoms with Gasteiger partial charge in [0, 0.05) is 0 Å². The van der Waals surface area contributed by atoms with Crippen LogP contribution in [0.1, 0.15) is 43.6 Å². The number of rotatable bonds is 10. The maximum atomic E-state index is 12.4. The van der Waals surface area contributed by atoms with E-state index in [9.17, 15) is 14.4 Å². The lowest BCUT2D eigenvalue weighted by molar-refractivity contribution is -0.113. The molecular formula is C18H24N4O5S3. The van der Waals surface area contributed by atoms with Crippen molar-refractivity contribution in [1.29, 1.82) is 0 Å². The van der Waals surface area contributed by atoms with Crippen LogP contribution in [0.5, 0.6) is 0 Å². The van der Waals surface area contributed by atoms with E-state index < -0.39 is 12.1 Å². The fraction of sp³-hybridized carbons (Fsp3) is 0.500. The normalized spacial score (nSPS) is 10.7. The number of nitrogens with one attached hydrogen (secondary N) is 2. The lowest BCUT2D eigenvalue weighted by atomic mass is 10.0. The Morgan fingerprint density at radius 2 is 1.87 bits per heavy atom. The Balaban J connectivity index is 1.98. The van der Waals surface area contributed by atoms with E-state index in [1.165, 1.54) is 23.1 Å². The summed E-state index contributed by atoms with van der Waals surface area (Å²) in [4.78, 5) is 36.2. The summed E-state index contributed by atoms with van der Waals surface area (Å²) in [7, 11) is 0. The summed E-state index contributed by atoms with van der Waals surface area (Å²) in [5, 5.41) is 15.7. The van der Waals surface area contributed by atoms with Gasteiger partial charge in [-0.25, -0.2) is 9.59 Å². The minimum Gasteiger partial charge on any atom is -0.462 e. The van der Waals surface area contributed by atoms with Gasteiger partial charge >= 0.3 is 12.1 Å². The second-order valence-electron chi connectivity index (χ2n) is 6.34.